The van der Waals surface area contributed by atoms with E-state index in [1.54, 1.807) is 0 Å². The van der Waals surface area contributed by atoms with Gasteiger partial charge >= 0.3 is 29.6 Å². The predicted molar refractivity (Wildman–Crippen MR) is 83.5 cm³/mol. The molecular formula is C13H20NNaO5S2. The Morgan fingerprint density at radius 3 is 2.32 bits per heavy atom. The molecule has 0 amide bonds. The van der Waals surface area contributed by atoms with E-state index >= 15 is 0 Å². The maximum atomic E-state index is 11.9. The van der Waals surface area contributed by atoms with Crippen molar-refractivity contribution in [1.29, 1.82) is 0 Å². The van der Waals surface area contributed by atoms with Crippen molar-refractivity contribution < 1.29 is 50.9 Å². The molecular weight excluding hydrogens is 337 g/mol. The second kappa shape index (κ2) is 8.65. The Balaban J connectivity index is 0.00000441. The van der Waals surface area contributed by atoms with Gasteiger partial charge in [0.2, 0.25) is 0 Å². The normalized spacial score (nSPS) is 13.3. The number of rotatable bonds is 7. The number of nitrogens with zero attached hydrogens (tertiary/aromatic N) is 1. The summed E-state index contributed by atoms with van der Waals surface area (Å²) in [6.45, 7) is 7.54. The first-order valence-electron chi connectivity index (χ1n) is 6.40. The molecule has 0 aliphatic heterocycles. The van der Waals surface area contributed by atoms with Gasteiger partial charge in [0.25, 0.3) is 10.1 Å². The van der Waals surface area contributed by atoms with Gasteiger partial charge in [-0.1, -0.05) is 12.1 Å². The summed E-state index contributed by atoms with van der Waals surface area (Å²) in [6, 6.07) is 7.57. The SMILES string of the molecule is [CH2-]C(S(=O)(=O)O)S(=O)(=O)CCN(CC)c1cccc(C)c1.[Na+]. The summed E-state index contributed by atoms with van der Waals surface area (Å²) in [6.07, 6.45) is 0. The molecule has 1 aromatic rings. The Kier molecular flexibility index (Phi) is 8.61. The van der Waals surface area contributed by atoms with Crippen LogP contribution in [0.25, 0.3) is 0 Å². The van der Waals surface area contributed by atoms with E-state index in [2.05, 4.69) is 6.92 Å². The number of hydrogen-bond donors (Lipinski definition) is 1. The van der Waals surface area contributed by atoms with Gasteiger partial charge in [-0.05, 0) is 31.5 Å². The quantitative estimate of drug-likeness (QED) is 0.355. The summed E-state index contributed by atoms with van der Waals surface area (Å²) in [5.74, 6) is -0.400. The van der Waals surface area contributed by atoms with Crippen LogP contribution < -0.4 is 34.5 Å². The second-order valence-electron chi connectivity index (χ2n) is 4.73. The van der Waals surface area contributed by atoms with Crippen LogP contribution in [0.5, 0.6) is 0 Å². The molecule has 1 rings (SSSR count). The van der Waals surface area contributed by atoms with Gasteiger partial charge in [-0.3, -0.25) is 4.55 Å². The van der Waals surface area contributed by atoms with E-state index in [9.17, 15) is 16.8 Å². The van der Waals surface area contributed by atoms with E-state index in [0.29, 0.717) is 6.54 Å². The van der Waals surface area contributed by atoms with Crippen molar-refractivity contribution in [3.63, 3.8) is 0 Å². The van der Waals surface area contributed by atoms with Crippen molar-refractivity contribution in [2.45, 2.75) is 18.4 Å². The molecule has 0 radical (unpaired) electrons. The molecule has 1 aromatic carbocycles. The molecule has 0 spiro atoms. The number of anilines is 1. The van der Waals surface area contributed by atoms with Gasteiger partial charge in [-0.25, -0.2) is 16.8 Å². The third-order valence-electron chi connectivity index (χ3n) is 3.13. The summed E-state index contributed by atoms with van der Waals surface area (Å²) < 4.78 is 52.3. The second-order valence-corrected chi connectivity index (χ2v) is 8.93. The Bertz CT molecular complexity index is 688. The van der Waals surface area contributed by atoms with Crippen LogP contribution in [0.15, 0.2) is 24.3 Å². The Morgan fingerprint density at radius 1 is 1.27 bits per heavy atom. The van der Waals surface area contributed by atoms with Crippen molar-refractivity contribution in [2.24, 2.45) is 0 Å². The van der Waals surface area contributed by atoms with Gasteiger partial charge in [0, 0.05) is 18.8 Å². The van der Waals surface area contributed by atoms with E-state index in [1.165, 1.54) is 0 Å². The first-order valence-corrected chi connectivity index (χ1v) is 9.62. The zero-order chi connectivity index (χ0) is 16.3. The van der Waals surface area contributed by atoms with Crippen LogP contribution in [0.3, 0.4) is 0 Å². The molecule has 0 saturated carbocycles. The smallest absolute Gasteiger partial charge is 0.371 e. The minimum atomic E-state index is -4.70. The minimum Gasteiger partial charge on any atom is -0.371 e. The molecule has 0 bridgehead atoms. The van der Waals surface area contributed by atoms with Gasteiger partial charge in [0.05, 0.1) is 10.3 Å². The number of sulfone groups is 1. The van der Waals surface area contributed by atoms with E-state index in [1.807, 2.05) is 43.0 Å². The van der Waals surface area contributed by atoms with Gasteiger partial charge in [0.1, 0.15) is 9.84 Å². The van der Waals surface area contributed by atoms with Crippen molar-refractivity contribution >= 4 is 25.6 Å². The van der Waals surface area contributed by atoms with Gasteiger partial charge in [-0.2, -0.15) is 0 Å². The van der Waals surface area contributed by atoms with Crippen LogP contribution in [-0.2, 0) is 20.0 Å². The largest absolute Gasteiger partial charge is 1.00 e. The Hall–Kier alpha value is -0.120. The molecule has 22 heavy (non-hydrogen) atoms. The summed E-state index contributed by atoms with van der Waals surface area (Å²) in [7, 11) is -8.74. The van der Waals surface area contributed by atoms with Crippen LogP contribution in [0.2, 0.25) is 0 Å². The number of aryl methyl sites for hydroxylation is 1. The van der Waals surface area contributed by atoms with E-state index < -0.39 is 30.3 Å². The molecule has 0 heterocycles. The van der Waals surface area contributed by atoms with Crippen molar-refractivity contribution in [2.75, 3.05) is 23.7 Å². The maximum Gasteiger partial charge on any atom is 1.00 e. The average Bonchev–Trinajstić information content (AvgIpc) is 2.37. The average molecular weight is 357 g/mol. The molecule has 9 heteroatoms. The molecule has 1 atom stereocenters. The topological polar surface area (TPSA) is 91.7 Å². The summed E-state index contributed by atoms with van der Waals surface area (Å²) in [5, 5.41) is 0. The molecule has 0 saturated heterocycles. The van der Waals surface area contributed by atoms with Crippen molar-refractivity contribution in [3.05, 3.63) is 36.8 Å². The molecule has 1 unspecified atom stereocenters. The Labute approximate surface area is 154 Å². The van der Waals surface area contributed by atoms with Crippen molar-refractivity contribution in [3.8, 4) is 0 Å². The Morgan fingerprint density at radius 2 is 1.86 bits per heavy atom. The van der Waals surface area contributed by atoms with E-state index in [0.717, 1.165) is 11.3 Å². The fraction of sp³-hybridized carbons (Fsp3) is 0.462. The minimum absolute atomic E-state index is 0. The fourth-order valence-corrected chi connectivity index (χ4v) is 4.36. The molecule has 6 nitrogen and oxygen atoms in total. The third kappa shape index (κ3) is 6.17. The summed E-state index contributed by atoms with van der Waals surface area (Å²) >= 11 is 0. The van der Waals surface area contributed by atoms with E-state index in [4.69, 9.17) is 4.55 Å². The molecule has 1 N–H and O–H groups in total. The number of hydrogen-bond acceptors (Lipinski definition) is 5. The fourth-order valence-electron chi connectivity index (χ4n) is 1.85. The standard InChI is InChI=1S/C13H20NO5S2.Na/c1-4-14(13-7-5-6-11(2)10-13)8-9-20(15,16)12(3)21(17,18)19;/h5-7,10,12H,3-4,8-9H2,1-2H3,(H,17,18,19);/q-1;+1. The molecule has 0 aliphatic carbocycles. The van der Waals surface area contributed by atoms with Gasteiger partial charge in [-0.15, -0.1) is 0 Å². The van der Waals surface area contributed by atoms with Crippen LogP contribution in [0.4, 0.5) is 5.69 Å². The van der Waals surface area contributed by atoms with Crippen LogP contribution in [0.1, 0.15) is 12.5 Å². The van der Waals surface area contributed by atoms with Gasteiger partial charge in [0.15, 0.2) is 0 Å². The van der Waals surface area contributed by atoms with Crippen molar-refractivity contribution in [1.82, 2.24) is 0 Å². The third-order valence-corrected chi connectivity index (χ3v) is 6.95. The first kappa shape index (κ1) is 21.9. The predicted octanol–water partition coefficient (Wildman–Crippen LogP) is -1.71. The van der Waals surface area contributed by atoms with Gasteiger partial charge < -0.3 is 11.8 Å². The maximum absolute atomic E-state index is 11.9. The van der Waals surface area contributed by atoms with Crippen LogP contribution in [0, 0.1) is 13.8 Å². The first-order chi connectivity index (χ1) is 9.58. The molecule has 0 aliphatic rings. The summed E-state index contributed by atoms with van der Waals surface area (Å²) in [4.78, 5) is 1.82. The summed E-state index contributed by atoms with van der Waals surface area (Å²) in [5.41, 5.74) is 1.90. The van der Waals surface area contributed by atoms with E-state index in [-0.39, 0.29) is 36.1 Å². The van der Waals surface area contributed by atoms with Crippen LogP contribution in [-0.4, -0.2) is 44.8 Å². The molecule has 0 fully saturated rings. The molecule has 0 aromatic heterocycles. The van der Waals surface area contributed by atoms with Crippen LogP contribution >= 0.6 is 0 Å². The molecule has 120 valence electrons. The monoisotopic (exact) mass is 357 g/mol. The zero-order valence-electron chi connectivity index (χ0n) is 13.1. The number of benzene rings is 1. The zero-order valence-corrected chi connectivity index (χ0v) is 16.7.